The highest BCUT2D eigenvalue weighted by Crippen LogP contribution is 2.29. The molecule has 9 nitrogen and oxygen atoms in total. The molecule has 0 radical (unpaired) electrons. The molecule has 1 fully saturated rings. The Bertz CT molecular complexity index is 1120. The summed E-state index contributed by atoms with van der Waals surface area (Å²) in [5.41, 5.74) is 1.04. The van der Waals surface area contributed by atoms with E-state index in [0.29, 0.717) is 18.7 Å². The third-order valence-electron chi connectivity index (χ3n) is 4.99. The summed E-state index contributed by atoms with van der Waals surface area (Å²) < 4.78 is 47.5. The van der Waals surface area contributed by atoms with Crippen molar-refractivity contribution < 1.29 is 32.0 Å². The molecule has 1 atom stereocenters. The van der Waals surface area contributed by atoms with Crippen LogP contribution in [-0.4, -0.2) is 64.2 Å². The maximum atomic E-state index is 12.8. The number of pyridine rings is 1. The van der Waals surface area contributed by atoms with Gasteiger partial charge in [0.15, 0.2) is 0 Å². The summed E-state index contributed by atoms with van der Waals surface area (Å²) in [5.74, 6) is -2.27. The second-order valence-electron chi connectivity index (χ2n) is 7.17. The molecule has 1 aliphatic rings. The maximum absolute atomic E-state index is 12.8. The van der Waals surface area contributed by atoms with Crippen LogP contribution >= 0.6 is 0 Å². The van der Waals surface area contributed by atoms with E-state index in [1.54, 1.807) is 17.0 Å². The maximum Gasteiger partial charge on any atom is 0.471 e. The topological polar surface area (TPSA) is 110 Å². The SMILES string of the molecule is O=C(NC[C@H]1COCCN1C(=O)c1ccncc1)c1ccc(-c2noc(C(F)(F)F)n2)cc1. The van der Waals surface area contributed by atoms with Gasteiger partial charge in [0.25, 0.3) is 11.8 Å². The van der Waals surface area contributed by atoms with Gasteiger partial charge in [0.2, 0.25) is 5.82 Å². The molecule has 1 aliphatic heterocycles. The minimum Gasteiger partial charge on any atom is -0.377 e. The van der Waals surface area contributed by atoms with E-state index in [1.165, 1.54) is 36.7 Å². The van der Waals surface area contributed by atoms with Gasteiger partial charge in [-0.15, -0.1) is 0 Å². The lowest BCUT2D eigenvalue weighted by molar-refractivity contribution is -0.159. The van der Waals surface area contributed by atoms with Crippen LogP contribution in [0, 0.1) is 0 Å². The number of alkyl halides is 3. The Morgan fingerprint density at radius 2 is 1.82 bits per heavy atom. The van der Waals surface area contributed by atoms with Gasteiger partial charge in [-0.25, -0.2) is 0 Å². The van der Waals surface area contributed by atoms with Crippen molar-refractivity contribution >= 4 is 11.8 Å². The van der Waals surface area contributed by atoms with Gasteiger partial charge in [-0.1, -0.05) is 17.3 Å². The van der Waals surface area contributed by atoms with E-state index in [4.69, 9.17) is 4.74 Å². The Morgan fingerprint density at radius 1 is 1.09 bits per heavy atom. The van der Waals surface area contributed by atoms with Crippen LogP contribution < -0.4 is 5.32 Å². The van der Waals surface area contributed by atoms with Gasteiger partial charge in [0, 0.05) is 42.2 Å². The van der Waals surface area contributed by atoms with Crippen molar-refractivity contribution in [2.24, 2.45) is 0 Å². The molecule has 2 aromatic heterocycles. The van der Waals surface area contributed by atoms with Crippen molar-refractivity contribution in [1.82, 2.24) is 25.3 Å². The molecule has 0 saturated carbocycles. The minimum atomic E-state index is -4.74. The van der Waals surface area contributed by atoms with Crippen molar-refractivity contribution in [3.63, 3.8) is 0 Å². The zero-order valence-electron chi connectivity index (χ0n) is 17.1. The summed E-state index contributed by atoms with van der Waals surface area (Å²) in [6, 6.07) is 8.60. The van der Waals surface area contributed by atoms with E-state index < -0.39 is 18.0 Å². The fourth-order valence-electron chi connectivity index (χ4n) is 3.29. The number of hydrogen-bond donors (Lipinski definition) is 1. The highest BCUT2D eigenvalue weighted by atomic mass is 19.4. The summed E-state index contributed by atoms with van der Waals surface area (Å²) in [6.07, 6.45) is -1.67. The second kappa shape index (κ2) is 9.36. The van der Waals surface area contributed by atoms with E-state index in [9.17, 15) is 22.8 Å². The van der Waals surface area contributed by atoms with E-state index in [-0.39, 0.29) is 42.1 Å². The molecule has 1 aromatic carbocycles. The molecular formula is C21H18F3N5O4. The number of halogens is 3. The summed E-state index contributed by atoms with van der Waals surface area (Å²) in [6.45, 7) is 1.22. The second-order valence-corrected chi connectivity index (χ2v) is 7.17. The average molecular weight is 461 g/mol. The molecule has 172 valence electrons. The Kier molecular flexibility index (Phi) is 6.36. The smallest absolute Gasteiger partial charge is 0.377 e. The fraction of sp³-hybridized carbons (Fsp3) is 0.286. The van der Waals surface area contributed by atoms with Crippen LogP contribution in [0.15, 0.2) is 53.3 Å². The first-order chi connectivity index (χ1) is 15.8. The van der Waals surface area contributed by atoms with Crippen LogP contribution in [0.5, 0.6) is 0 Å². The Balaban J connectivity index is 1.38. The Hall–Kier alpha value is -3.80. The molecule has 0 bridgehead atoms. The van der Waals surface area contributed by atoms with Gasteiger partial charge >= 0.3 is 12.1 Å². The number of amides is 2. The van der Waals surface area contributed by atoms with Gasteiger partial charge in [0.1, 0.15) is 0 Å². The van der Waals surface area contributed by atoms with Gasteiger partial charge in [-0.3, -0.25) is 14.6 Å². The molecule has 2 amide bonds. The molecule has 0 unspecified atom stereocenters. The van der Waals surface area contributed by atoms with Crippen molar-refractivity contribution in [2.45, 2.75) is 12.2 Å². The average Bonchev–Trinajstić information content (AvgIpc) is 3.34. The number of nitrogens with zero attached hydrogens (tertiary/aromatic N) is 4. The molecule has 4 rings (SSSR count). The first-order valence-corrected chi connectivity index (χ1v) is 9.91. The van der Waals surface area contributed by atoms with Crippen molar-refractivity contribution in [1.29, 1.82) is 0 Å². The number of carbonyl (C=O) groups excluding carboxylic acids is 2. The summed E-state index contributed by atoms with van der Waals surface area (Å²) in [7, 11) is 0. The molecular weight excluding hydrogens is 443 g/mol. The third kappa shape index (κ3) is 5.17. The minimum absolute atomic E-state index is 0.164. The largest absolute Gasteiger partial charge is 0.471 e. The molecule has 0 spiro atoms. The number of benzene rings is 1. The number of carbonyl (C=O) groups is 2. The molecule has 12 heteroatoms. The van der Waals surface area contributed by atoms with Gasteiger partial charge in [-0.05, 0) is 24.3 Å². The zero-order valence-corrected chi connectivity index (χ0v) is 17.1. The summed E-state index contributed by atoms with van der Waals surface area (Å²) >= 11 is 0. The number of morpholine rings is 1. The number of ether oxygens (including phenoxy) is 1. The van der Waals surface area contributed by atoms with Crippen molar-refractivity contribution in [2.75, 3.05) is 26.3 Å². The van der Waals surface area contributed by atoms with Crippen molar-refractivity contribution in [3.8, 4) is 11.4 Å². The molecule has 3 aromatic rings. The molecule has 3 heterocycles. The fourth-order valence-corrected chi connectivity index (χ4v) is 3.29. The lowest BCUT2D eigenvalue weighted by atomic mass is 10.1. The van der Waals surface area contributed by atoms with Crippen LogP contribution in [0.4, 0.5) is 13.2 Å². The first kappa shape index (κ1) is 22.4. The van der Waals surface area contributed by atoms with E-state index in [1.807, 2.05) is 0 Å². The normalized spacial score (nSPS) is 16.5. The predicted octanol–water partition coefficient (Wildman–Crippen LogP) is 2.42. The Labute approximate surface area is 185 Å². The standard InChI is InChI=1S/C21H18F3N5O4/c22-21(23,24)20-27-17(28-33-20)13-1-3-14(4-2-13)18(30)26-11-16-12-32-10-9-29(16)19(31)15-5-7-25-8-6-15/h1-8,16H,9-12H2,(H,26,30)/t16-/m0/s1. The monoisotopic (exact) mass is 461 g/mol. The first-order valence-electron chi connectivity index (χ1n) is 9.91. The molecule has 0 aliphatic carbocycles. The number of aromatic nitrogens is 3. The lowest BCUT2D eigenvalue weighted by Crippen LogP contribution is -2.53. The lowest BCUT2D eigenvalue weighted by Gasteiger charge is -2.35. The van der Waals surface area contributed by atoms with Gasteiger partial charge in [0.05, 0.1) is 19.3 Å². The van der Waals surface area contributed by atoms with Crippen molar-refractivity contribution in [3.05, 3.63) is 65.8 Å². The van der Waals surface area contributed by atoms with Gasteiger partial charge in [-0.2, -0.15) is 18.2 Å². The van der Waals surface area contributed by atoms with E-state index >= 15 is 0 Å². The Morgan fingerprint density at radius 3 is 2.48 bits per heavy atom. The highest BCUT2D eigenvalue weighted by molar-refractivity contribution is 5.95. The van der Waals surface area contributed by atoms with E-state index in [2.05, 4.69) is 25.0 Å². The number of rotatable bonds is 5. The number of hydrogen-bond acceptors (Lipinski definition) is 7. The van der Waals surface area contributed by atoms with Crippen LogP contribution in [-0.2, 0) is 10.9 Å². The predicted molar refractivity (Wildman–Crippen MR) is 107 cm³/mol. The van der Waals surface area contributed by atoms with Crippen LogP contribution in [0.2, 0.25) is 0 Å². The summed E-state index contributed by atoms with van der Waals surface area (Å²) in [5, 5.41) is 6.08. The number of nitrogens with one attached hydrogen (secondary N) is 1. The van der Waals surface area contributed by atoms with Gasteiger partial charge < -0.3 is 19.5 Å². The molecule has 1 saturated heterocycles. The summed E-state index contributed by atoms with van der Waals surface area (Å²) in [4.78, 5) is 34.2. The molecule has 1 N–H and O–H groups in total. The third-order valence-corrected chi connectivity index (χ3v) is 4.99. The molecule has 33 heavy (non-hydrogen) atoms. The van der Waals surface area contributed by atoms with Crippen LogP contribution in [0.25, 0.3) is 11.4 Å². The van der Waals surface area contributed by atoms with Crippen LogP contribution in [0.3, 0.4) is 0 Å². The van der Waals surface area contributed by atoms with E-state index in [0.717, 1.165) is 0 Å². The highest BCUT2D eigenvalue weighted by Gasteiger charge is 2.38. The van der Waals surface area contributed by atoms with Crippen LogP contribution in [0.1, 0.15) is 26.6 Å². The quantitative estimate of drug-likeness (QED) is 0.621. The zero-order chi connectivity index (χ0) is 23.4.